The van der Waals surface area contributed by atoms with E-state index in [-0.39, 0.29) is 0 Å². The zero-order valence-electron chi connectivity index (χ0n) is 11.8. The van der Waals surface area contributed by atoms with E-state index in [1.54, 1.807) is 18.6 Å². The molecule has 22 heavy (non-hydrogen) atoms. The van der Waals surface area contributed by atoms with Crippen molar-refractivity contribution in [3.8, 4) is 23.4 Å². The van der Waals surface area contributed by atoms with E-state index in [1.807, 2.05) is 29.3 Å². The van der Waals surface area contributed by atoms with Crippen LogP contribution in [0.3, 0.4) is 0 Å². The van der Waals surface area contributed by atoms with Gasteiger partial charge >= 0.3 is 0 Å². The number of nitrogens with one attached hydrogen (secondary N) is 1. The van der Waals surface area contributed by atoms with Gasteiger partial charge in [-0.25, -0.2) is 9.98 Å². The van der Waals surface area contributed by atoms with E-state index in [4.69, 9.17) is 14.7 Å². The highest BCUT2D eigenvalue weighted by Crippen LogP contribution is 2.38. The quantitative estimate of drug-likeness (QED) is 0.395. The van der Waals surface area contributed by atoms with E-state index in [0.29, 0.717) is 35.6 Å². The maximum Gasteiger partial charge on any atom is 0.183 e. The molecule has 1 aromatic carbocycles. The summed E-state index contributed by atoms with van der Waals surface area (Å²) in [5.41, 5.74) is 1.46. The Morgan fingerprint density at radius 1 is 1.41 bits per heavy atom. The predicted octanol–water partition coefficient (Wildman–Crippen LogP) is 2.06. The van der Waals surface area contributed by atoms with Crippen molar-refractivity contribution >= 4 is 22.6 Å². The van der Waals surface area contributed by atoms with Gasteiger partial charge in [0.1, 0.15) is 13.2 Å². The molecule has 0 saturated heterocycles. The molecule has 0 bridgehead atoms. The molecule has 1 aromatic heterocycles. The molecule has 0 amide bonds. The Balaban J connectivity index is 2.12. The minimum Gasteiger partial charge on any atom is -0.486 e. The lowest BCUT2D eigenvalue weighted by Gasteiger charge is -2.20. The van der Waals surface area contributed by atoms with Gasteiger partial charge in [-0.15, -0.1) is 0 Å². The van der Waals surface area contributed by atoms with Gasteiger partial charge in [-0.3, -0.25) is 5.32 Å². The SMILES string of the molecule is CSC(=Nc1cc2c(cc1-n1ccnc1)OCCO2)NC#N. The molecule has 0 unspecified atom stereocenters. The van der Waals surface area contributed by atoms with Crippen LogP contribution in [-0.2, 0) is 0 Å². The fourth-order valence-corrected chi connectivity index (χ4v) is 2.38. The third-order valence-electron chi connectivity index (χ3n) is 3.00. The molecule has 0 radical (unpaired) electrons. The minimum atomic E-state index is 0.501. The Hall–Kier alpha value is -2.66. The lowest BCUT2D eigenvalue weighted by atomic mass is 10.2. The normalized spacial score (nSPS) is 13.5. The van der Waals surface area contributed by atoms with Crippen LogP contribution >= 0.6 is 11.8 Å². The molecule has 7 nitrogen and oxygen atoms in total. The van der Waals surface area contributed by atoms with Crippen LogP contribution < -0.4 is 14.8 Å². The van der Waals surface area contributed by atoms with Crippen molar-refractivity contribution in [3.05, 3.63) is 30.9 Å². The number of aromatic nitrogens is 2. The summed E-state index contributed by atoms with van der Waals surface area (Å²) in [6, 6.07) is 3.67. The number of fused-ring (bicyclic) bond motifs is 1. The second-order valence-electron chi connectivity index (χ2n) is 4.31. The summed E-state index contributed by atoms with van der Waals surface area (Å²) in [5, 5.41) is 11.8. The maximum absolute atomic E-state index is 8.78. The largest absolute Gasteiger partial charge is 0.486 e. The van der Waals surface area contributed by atoms with Gasteiger partial charge in [0.15, 0.2) is 22.9 Å². The van der Waals surface area contributed by atoms with Crippen LogP contribution in [-0.4, -0.2) is 34.2 Å². The standard InChI is InChI=1S/C14H13N5O2S/c1-22-14(17-8-15)18-10-6-12-13(21-5-4-20-12)7-11(10)19-3-2-16-9-19/h2-3,6-7,9H,4-5H2,1H3,(H,17,18). The summed E-state index contributed by atoms with van der Waals surface area (Å²) < 4.78 is 13.1. The number of rotatable bonds is 2. The first-order valence-corrected chi connectivity index (χ1v) is 7.74. The summed E-state index contributed by atoms with van der Waals surface area (Å²) in [5.74, 6) is 1.32. The molecule has 0 atom stereocenters. The topological polar surface area (TPSA) is 84.5 Å². The smallest absolute Gasteiger partial charge is 0.183 e. The molecular weight excluding hydrogens is 302 g/mol. The van der Waals surface area contributed by atoms with Crippen LogP contribution in [0.15, 0.2) is 35.8 Å². The molecule has 8 heteroatoms. The molecule has 1 N–H and O–H groups in total. The number of ether oxygens (including phenoxy) is 2. The first kappa shape index (κ1) is 14.3. The molecule has 2 aromatic rings. The molecular formula is C14H13N5O2S. The molecule has 0 aliphatic carbocycles. The van der Waals surface area contributed by atoms with Crippen molar-refractivity contribution in [2.24, 2.45) is 4.99 Å². The zero-order valence-corrected chi connectivity index (χ0v) is 12.6. The van der Waals surface area contributed by atoms with Crippen LogP contribution in [0.2, 0.25) is 0 Å². The third kappa shape index (κ3) is 2.84. The van der Waals surface area contributed by atoms with Crippen molar-refractivity contribution in [1.29, 1.82) is 5.26 Å². The zero-order chi connectivity index (χ0) is 15.4. The fraction of sp³-hybridized carbons (Fsp3) is 0.214. The second-order valence-corrected chi connectivity index (χ2v) is 5.11. The number of imidazole rings is 1. The van der Waals surface area contributed by atoms with Crippen LogP contribution in [0.5, 0.6) is 11.5 Å². The number of amidine groups is 1. The number of nitriles is 1. The van der Waals surface area contributed by atoms with Crippen molar-refractivity contribution in [2.75, 3.05) is 19.5 Å². The van der Waals surface area contributed by atoms with Crippen LogP contribution in [0.4, 0.5) is 5.69 Å². The molecule has 1 aliphatic rings. The Morgan fingerprint density at radius 2 is 2.18 bits per heavy atom. The highest BCUT2D eigenvalue weighted by Gasteiger charge is 2.17. The Morgan fingerprint density at radius 3 is 2.82 bits per heavy atom. The average Bonchev–Trinajstić information content (AvgIpc) is 3.08. The molecule has 0 saturated carbocycles. The molecule has 112 valence electrons. The van der Waals surface area contributed by atoms with E-state index in [9.17, 15) is 0 Å². The second kappa shape index (κ2) is 6.41. The molecule has 0 fully saturated rings. The summed E-state index contributed by atoms with van der Waals surface area (Å²) in [4.78, 5) is 8.55. The monoisotopic (exact) mass is 315 g/mol. The number of thioether (sulfide) groups is 1. The summed E-state index contributed by atoms with van der Waals surface area (Å²) in [6.45, 7) is 1.03. The van der Waals surface area contributed by atoms with E-state index < -0.39 is 0 Å². The average molecular weight is 315 g/mol. The Labute approximate surface area is 131 Å². The van der Waals surface area contributed by atoms with E-state index in [1.165, 1.54) is 11.8 Å². The van der Waals surface area contributed by atoms with E-state index >= 15 is 0 Å². The number of nitrogens with zero attached hydrogens (tertiary/aromatic N) is 4. The molecule has 0 spiro atoms. The Kier molecular flexibility index (Phi) is 4.16. The number of benzene rings is 1. The van der Waals surface area contributed by atoms with Gasteiger partial charge in [0, 0.05) is 24.5 Å². The number of hydrogen-bond donors (Lipinski definition) is 1. The van der Waals surface area contributed by atoms with Gasteiger partial charge in [-0.05, 0) is 6.26 Å². The molecule has 1 aliphatic heterocycles. The van der Waals surface area contributed by atoms with E-state index in [2.05, 4.69) is 15.3 Å². The van der Waals surface area contributed by atoms with Crippen molar-refractivity contribution in [2.45, 2.75) is 0 Å². The van der Waals surface area contributed by atoms with Gasteiger partial charge in [-0.1, -0.05) is 11.8 Å². The van der Waals surface area contributed by atoms with Gasteiger partial charge in [0.25, 0.3) is 0 Å². The van der Waals surface area contributed by atoms with Crippen LogP contribution in [0.25, 0.3) is 5.69 Å². The third-order valence-corrected chi connectivity index (χ3v) is 3.58. The summed E-state index contributed by atoms with van der Waals surface area (Å²) in [6.07, 6.45) is 8.91. The lowest BCUT2D eigenvalue weighted by Crippen LogP contribution is -2.16. The lowest BCUT2D eigenvalue weighted by molar-refractivity contribution is 0.171. The van der Waals surface area contributed by atoms with Crippen molar-refractivity contribution in [1.82, 2.24) is 14.9 Å². The number of aliphatic imine (C=N–C) groups is 1. The maximum atomic E-state index is 8.78. The Bertz CT molecular complexity index is 736. The number of hydrogen-bond acceptors (Lipinski definition) is 6. The summed E-state index contributed by atoms with van der Waals surface area (Å²) >= 11 is 1.35. The molecule has 2 heterocycles. The predicted molar refractivity (Wildman–Crippen MR) is 83.9 cm³/mol. The highest BCUT2D eigenvalue weighted by atomic mass is 32.2. The van der Waals surface area contributed by atoms with E-state index in [0.717, 1.165) is 5.69 Å². The van der Waals surface area contributed by atoms with Crippen molar-refractivity contribution in [3.63, 3.8) is 0 Å². The van der Waals surface area contributed by atoms with Gasteiger partial charge < -0.3 is 14.0 Å². The van der Waals surface area contributed by atoms with Crippen LogP contribution in [0, 0.1) is 11.5 Å². The van der Waals surface area contributed by atoms with Gasteiger partial charge in [-0.2, -0.15) is 5.26 Å². The first-order valence-electron chi connectivity index (χ1n) is 6.51. The van der Waals surface area contributed by atoms with Crippen molar-refractivity contribution < 1.29 is 9.47 Å². The van der Waals surface area contributed by atoms with Gasteiger partial charge in [0.2, 0.25) is 0 Å². The summed E-state index contributed by atoms with van der Waals surface area (Å²) in [7, 11) is 0. The van der Waals surface area contributed by atoms with Gasteiger partial charge in [0.05, 0.1) is 17.7 Å². The molecule has 3 rings (SSSR count). The fourth-order valence-electron chi connectivity index (χ4n) is 2.05. The minimum absolute atomic E-state index is 0.501. The first-order chi connectivity index (χ1) is 10.8. The highest BCUT2D eigenvalue weighted by molar-refractivity contribution is 8.13. The van der Waals surface area contributed by atoms with Crippen LogP contribution in [0.1, 0.15) is 0 Å².